The summed E-state index contributed by atoms with van der Waals surface area (Å²) in [7, 11) is 0. The van der Waals surface area contributed by atoms with Crippen LogP contribution in [0, 0.1) is 0 Å². The van der Waals surface area contributed by atoms with Crippen molar-refractivity contribution in [2.45, 2.75) is 50.8 Å². The number of rotatable bonds is 11. The van der Waals surface area contributed by atoms with Gasteiger partial charge in [0.25, 0.3) is 5.56 Å². The number of carbonyl (C=O) groups excluding carboxylic acids is 5. The van der Waals surface area contributed by atoms with Crippen molar-refractivity contribution < 1.29 is 38.6 Å². The number of nitrogens with one attached hydrogen (secondary N) is 1. The number of thioether (sulfide) groups is 1. The zero-order chi connectivity index (χ0) is 37.2. The van der Waals surface area contributed by atoms with Crippen molar-refractivity contribution in [1.82, 2.24) is 14.8 Å². The second-order valence-electron chi connectivity index (χ2n) is 12.0. The van der Waals surface area contributed by atoms with Crippen LogP contribution in [0.3, 0.4) is 0 Å². The minimum absolute atomic E-state index is 0.00514. The predicted octanol–water partition coefficient (Wildman–Crippen LogP) is 1.83. The molecule has 4 amide bonds. The Morgan fingerprint density at radius 1 is 0.980 bits per heavy atom. The highest BCUT2D eigenvalue weighted by atomic mass is 32.2. The van der Waals surface area contributed by atoms with Crippen LogP contribution in [-0.4, -0.2) is 78.9 Å². The molecule has 0 saturated carbocycles. The van der Waals surface area contributed by atoms with Gasteiger partial charge in [-0.1, -0.05) is 42.5 Å². The third-order valence-electron chi connectivity index (χ3n) is 8.46. The SMILES string of the molecule is CC(=O)OCC1=C(C(=O)O)N2C(=O)CC2(N(Cc2ccc(-c3ccc(N(C(C)=O)C(=O)[C@H](C)N)cc3)[nH]c2=O)C(=O)C(N)c2ccccc2)SC1. The minimum Gasteiger partial charge on any atom is -0.477 e. The van der Waals surface area contributed by atoms with Gasteiger partial charge < -0.3 is 31.2 Å². The smallest absolute Gasteiger partial charge is 0.352 e. The molecule has 5 rings (SSSR count). The summed E-state index contributed by atoms with van der Waals surface area (Å²) in [4.78, 5) is 94.2. The van der Waals surface area contributed by atoms with Crippen LogP contribution in [-0.2, 0) is 40.0 Å². The summed E-state index contributed by atoms with van der Waals surface area (Å²) in [5.74, 6) is -4.40. The number of fused-ring (bicyclic) bond motifs is 1. The van der Waals surface area contributed by atoms with E-state index in [1.54, 1.807) is 60.7 Å². The number of aromatic nitrogens is 1. The van der Waals surface area contributed by atoms with E-state index in [9.17, 15) is 38.7 Å². The molecule has 1 aromatic heterocycles. The number of nitrogens with two attached hydrogens (primary N) is 2. The Labute approximate surface area is 296 Å². The molecule has 3 atom stereocenters. The first-order valence-electron chi connectivity index (χ1n) is 15.8. The van der Waals surface area contributed by atoms with Gasteiger partial charge in [-0.25, -0.2) is 9.69 Å². The van der Waals surface area contributed by atoms with Crippen molar-refractivity contribution in [2.24, 2.45) is 11.5 Å². The minimum atomic E-state index is -1.55. The Balaban J connectivity index is 1.51. The molecule has 266 valence electrons. The molecule has 3 heterocycles. The number of nitrogens with zero attached hydrogens (tertiary/aromatic N) is 3. The van der Waals surface area contributed by atoms with Crippen LogP contribution in [0.25, 0.3) is 11.3 Å². The molecule has 0 radical (unpaired) electrons. The molecule has 3 aromatic rings. The van der Waals surface area contributed by atoms with Gasteiger partial charge in [-0.05, 0) is 42.3 Å². The number of imide groups is 1. The lowest BCUT2D eigenvalue weighted by atomic mass is 9.99. The average Bonchev–Trinajstić information content (AvgIpc) is 3.09. The van der Waals surface area contributed by atoms with E-state index < -0.39 is 63.9 Å². The van der Waals surface area contributed by atoms with Crippen LogP contribution < -0.4 is 21.9 Å². The van der Waals surface area contributed by atoms with Gasteiger partial charge in [0.2, 0.25) is 23.6 Å². The number of aliphatic carboxylic acids is 1. The summed E-state index contributed by atoms with van der Waals surface area (Å²) in [5, 5.41) is 10.2. The number of pyridine rings is 1. The summed E-state index contributed by atoms with van der Waals surface area (Å²) in [6.45, 7) is 3.19. The van der Waals surface area contributed by atoms with Crippen LogP contribution in [0.1, 0.15) is 44.4 Å². The Hall–Kier alpha value is -5.58. The molecule has 1 fully saturated rings. The number of carboxylic acid groups (broad SMARTS) is 1. The molecule has 0 aliphatic carbocycles. The van der Waals surface area contributed by atoms with Gasteiger partial charge in [0.1, 0.15) is 18.3 Å². The molecule has 2 aromatic carbocycles. The van der Waals surface area contributed by atoms with Crippen molar-refractivity contribution in [1.29, 1.82) is 0 Å². The van der Waals surface area contributed by atoms with Crippen molar-refractivity contribution >= 4 is 53.0 Å². The molecule has 16 heteroatoms. The van der Waals surface area contributed by atoms with Gasteiger partial charge in [-0.15, -0.1) is 11.8 Å². The Morgan fingerprint density at radius 2 is 1.65 bits per heavy atom. The number of benzene rings is 2. The quantitative estimate of drug-likeness (QED) is 0.165. The van der Waals surface area contributed by atoms with Gasteiger partial charge in [-0.2, -0.15) is 0 Å². The predicted molar refractivity (Wildman–Crippen MR) is 186 cm³/mol. The van der Waals surface area contributed by atoms with Crippen molar-refractivity contribution in [3.63, 3.8) is 0 Å². The molecule has 2 unspecified atom stereocenters. The highest BCUT2D eigenvalue weighted by molar-refractivity contribution is 8.00. The number of aromatic amines is 1. The van der Waals surface area contributed by atoms with Crippen LogP contribution in [0.2, 0.25) is 0 Å². The number of β-lactam (4-membered cyclic amide) rings is 1. The maximum Gasteiger partial charge on any atom is 0.352 e. The maximum atomic E-state index is 14.3. The number of carboxylic acids is 1. The third-order valence-corrected chi connectivity index (χ3v) is 9.96. The molecule has 15 nitrogen and oxygen atoms in total. The van der Waals surface area contributed by atoms with Gasteiger partial charge >= 0.3 is 11.9 Å². The number of anilines is 1. The van der Waals surface area contributed by atoms with E-state index in [2.05, 4.69) is 4.98 Å². The van der Waals surface area contributed by atoms with Gasteiger partial charge in [-0.3, -0.25) is 33.7 Å². The normalized spacial score (nSPS) is 17.8. The zero-order valence-corrected chi connectivity index (χ0v) is 28.8. The first-order valence-corrected chi connectivity index (χ1v) is 16.7. The topological polar surface area (TPSA) is 226 Å². The summed E-state index contributed by atoms with van der Waals surface area (Å²) in [6.07, 6.45) is -0.256. The van der Waals surface area contributed by atoms with E-state index in [-0.39, 0.29) is 36.5 Å². The molecule has 0 bridgehead atoms. The number of hydrogen-bond donors (Lipinski definition) is 4. The molecule has 6 N–H and O–H groups in total. The fourth-order valence-electron chi connectivity index (χ4n) is 5.91. The van der Waals surface area contributed by atoms with E-state index in [1.165, 1.54) is 31.7 Å². The monoisotopic (exact) mass is 716 g/mol. The number of hydrogen-bond acceptors (Lipinski definition) is 11. The highest BCUT2D eigenvalue weighted by Crippen LogP contribution is 2.52. The summed E-state index contributed by atoms with van der Waals surface area (Å²) < 4.78 is 5.05. The van der Waals surface area contributed by atoms with E-state index in [0.717, 1.165) is 21.6 Å². The first kappa shape index (κ1) is 36.7. The number of ether oxygens (including phenoxy) is 1. The summed E-state index contributed by atoms with van der Waals surface area (Å²) in [6, 6.07) is 15.8. The Morgan fingerprint density at radius 3 is 2.20 bits per heavy atom. The Kier molecular flexibility index (Phi) is 10.6. The van der Waals surface area contributed by atoms with E-state index in [4.69, 9.17) is 16.2 Å². The van der Waals surface area contributed by atoms with E-state index >= 15 is 0 Å². The zero-order valence-electron chi connectivity index (χ0n) is 28.0. The van der Waals surface area contributed by atoms with Crippen LogP contribution in [0.15, 0.2) is 82.8 Å². The maximum absolute atomic E-state index is 14.3. The van der Waals surface area contributed by atoms with Crippen LogP contribution >= 0.6 is 11.8 Å². The number of amides is 4. The van der Waals surface area contributed by atoms with Crippen LogP contribution in [0.4, 0.5) is 5.69 Å². The molecule has 2 aliphatic heterocycles. The molecular formula is C35H36N6O9S. The lowest BCUT2D eigenvalue weighted by Crippen LogP contribution is -2.73. The van der Waals surface area contributed by atoms with Gasteiger partial charge in [0.05, 0.1) is 24.7 Å². The third kappa shape index (κ3) is 7.19. The second kappa shape index (κ2) is 14.7. The lowest BCUT2D eigenvalue weighted by molar-refractivity contribution is -0.169. The van der Waals surface area contributed by atoms with E-state index in [1.807, 2.05) is 0 Å². The number of H-pyrrole nitrogens is 1. The summed E-state index contributed by atoms with van der Waals surface area (Å²) >= 11 is 1.10. The fraction of sp³-hybridized carbons (Fsp3) is 0.286. The Bertz CT molecular complexity index is 2000. The van der Waals surface area contributed by atoms with Crippen molar-refractivity contribution in [2.75, 3.05) is 17.3 Å². The molecule has 51 heavy (non-hydrogen) atoms. The largest absolute Gasteiger partial charge is 0.477 e. The number of esters is 1. The van der Waals surface area contributed by atoms with Gasteiger partial charge in [0, 0.05) is 36.4 Å². The van der Waals surface area contributed by atoms with Crippen molar-refractivity contribution in [3.8, 4) is 11.3 Å². The van der Waals surface area contributed by atoms with Crippen LogP contribution in [0.5, 0.6) is 0 Å². The van der Waals surface area contributed by atoms with E-state index in [0.29, 0.717) is 22.5 Å². The highest BCUT2D eigenvalue weighted by Gasteiger charge is 2.62. The standard InChI is InChI=1S/C35H36N6O9S/c1-19(36)32(46)40(20(2)42)26-12-9-22(10-13-26)27-14-11-24(31(45)38-27)16-39(33(47)29(37)23-7-5-4-6-8-23)35-15-28(44)41(35)30(34(48)49)25(18-51-35)17-50-21(3)43/h4-14,19,29H,15-18,36-37H2,1-3H3,(H,38,45)(H,48,49)/t19-,29?,35?/m0/s1. The average molecular weight is 717 g/mol. The molecule has 0 spiro atoms. The van der Waals surface area contributed by atoms with Gasteiger partial charge in [0.15, 0.2) is 4.99 Å². The number of carbonyl (C=O) groups is 6. The molecular weight excluding hydrogens is 680 g/mol. The fourth-order valence-corrected chi connectivity index (χ4v) is 7.40. The second-order valence-corrected chi connectivity index (χ2v) is 13.3. The molecule has 2 aliphatic rings. The van der Waals surface area contributed by atoms with Crippen molar-refractivity contribution in [3.05, 3.63) is 99.5 Å². The first-order chi connectivity index (χ1) is 24.2. The summed E-state index contributed by atoms with van der Waals surface area (Å²) in [5.41, 5.74) is 13.2. The lowest BCUT2D eigenvalue weighted by Gasteiger charge is -2.58. The molecule has 1 saturated heterocycles.